The number of rotatable bonds is 2. The lowest BCUT2D eigenvalue weighted by Crippen LogP contribution is -1.99. The number of aryl methyl sites for hydroxylation is 1. The zero-order valence-corrected chi connectivity index (χ0v) is 9.45. The van der Waals surface area contributed by atoms with Crippen molar-refractivity contribution >= 4 is 28.3 Å². The van der Waals surface area contributed by atoms with Gasteiger partial charge in [-0.25, -0.2) is 9.78 Å². The minimum Gasteiger partial charge on any atom is -0.478 e. The van der Waals surface area contributed by atoms with Crippen molar-refractivity contribution < 1.29 is 9.90 Å². The molecule has 2 aromatic rings. The van der Waals surface area contributed by atoms with Gasteiger partial charge in [0.15, 0.2) is 0 Å². The van der Waals surface area contributed by atoms with Crippen molar-refractivity contribution in [2.45, 2.75) is 13.3 Å². The van der Waals surface area contributed by atoms with Crippen molar-refractivity contribution in [1.82, 2.24) is 4.98 Å². The predicted octanol–water partition coefficient (Wildman–Crippen LogP) is 3.15. The average molecular weight is 236 g/mol. The van der Waals surface area contributed by atoms with E-state index in [2.05, 4.69) is 4.98 Å². The molecule has 16 heavy (non-hydrogen) atoms. The van der Waals surface area contributed by atoms with Crippen LogP contribution in [0.25, 0.3) is 10.8 Å². The van der Waals surface area contributed by atoms with Gasteiger partial charge >= 0.3 is 5.97 Å². The molecule has 1 aromatic heterocycles. The van der Waals surface area contributed by atoms with Crippen molar-refractivity contribution in [1.29, 1.82) is 0 Å². The van der Waals surface area contributed by atoms with E-state index in [1.165, 1.54) is 6.20 Å². The number of hydrogen-bond donors (Lipinski definition) is 1. The van der Waals surface area contributed by atoms with E-state index < -0.39 is 5.97 Å². The second kappa shape index (κ2) is 4.10. The highest BCUT2D eigenvalue weighted by atomic mass is 35.5. The predicted molar refractivity (Wildman–Crippen MR) is 63.1 cm³/mol. The Morgan fingerprint density at radius 3 is 2.81 bits per heavy atom. The van der Waals surface area contributed by atoms with Crippen molar-refractivity contribution in [2.24, 2.45) is 0 Å². The largest absolute Gasteiger partial charge is 0.478 e. The van der Waals surface area contributed by atoms with Crippen LogP contribution in [0.15, 0.2) is 24.4 Å². The number of aromatic carboxylic acids is 1. The van der Waals surface area contributed by atoms with Gasteiger partial charge in [-0.15, -0.1) is 0 Å². The molecular weight excluding hydrogens is 226 g/mol. The maximum atomic E-state index is 11.0. The van der Waals surface area contributed by atoms with Crippen molar-refractivity contribution in [2.75, 3.05) is 0 Å². The van der Waals surface area contributed by atoms with E-state index in [0.29, 0.717) is 15.9 Å². The van der Waals surface area contributed by atoms with Gasteiger partial charge in [0.1, 0.15) is 5.15 Å². The Morgan fingerprint density at radius 2 is 2.19 bits per heavy atom. The Kier molecular flexibility index (Phi) is 2.79. The highest BCUT2D eigenvalue weighted by molar-refractivity contribution is 6.34. The van der Waals surface area contributed by atoms with E-state index in [-0.39, 0.29) is 5.56 Å². The standard InChI is InChI=1S/C12H10ClNO2/c1-2-7-3-4-8-9(5-7)10(12(15)16)6-14-11(8)13/h3-6H,2H2,1H3,(H,15,16). The number of pyridine rings is 1. The lowest BCUT2D eigenvalue weighted by Gasteiger charge is -2.05. The summed E-state index contributed by atoms with van der Waals surface area (Å²) in [4.78, 5) is 14.9. The van der Waals surface area contributed by atoms with Gasteiger partial charge in [-0.3, -0.25) is 0 Å². The highest BCUT2D eigenvalue weighted by Gasteiger charge is 2.11. The maximum absolute atomic E-state index is 11.0. The Labute approximate surface area is 97.7 Å². The summed E-state index contributed by atoms with van der Waals surface area (Å²) < 4.78 is 0. The molecule has 0 radical (unpaired) electrons. The third-order valence-electron chi connectivity index (χ3n) is 2.54. The van der Waals surface area contributed by atoms with E-state index >= 15 is 0 Å². The first-order valence-corrected chi connectivity index (χ1v) is 5.31. The van der Waals surface area contributed by atoms with Crippen LogP contribution in [0.4, 0.5) is 0 Å². The summed E-state index contributed by atoms with van der Waals surface area (Å²) >= 11 is 5.93. The molecule has 0 saturated heterocycles. The van der Waals surface area contributed by atoms with Crippen molar-refractivity contribution in [3.63, 3.8) is 0 Å². The molecule has 0 atom stereocenters. The van der Waals surface area contributed by atoms with Crippen LogP contribution in [0.3, 0.4) is 0 Å². The summed E-state index contributed by atoms with van der Waals surface area (Å²) in [5, 5.41) is 10.7. The van der Waals surface area contributed by atoms with Crippen LogP contribution in [0, 0.1) is 0 Å². The molecule has 4 heteroatoms. The van der Waals surface area contributed by atoms with Gasteiger partial charge in [0.2, 0.25) is 0 Å². The lowest BCUT2D eigenvalue weighted by atomic mass is 10.0. The van der Waals surface area contributed by atoms with Crippen LogP contribution in [0.1, 0.15) is 22.8 Å². The number of fused-ring (bicyclic) bond motifs is 1. The quantitative estimate of drug-likeness (QED) is 0.814. The molecule has 0 fully saturated rings. The van der Waals surface area contributed by atoms with E-state index in [1.54, 1.807) is 0 Å². The monoisotopic (exact) mass is 235 g/mol. The molecule has 1 aromatic carbocycles. The van der Waals surface area contributed by atoms with Gasteiger partial charge in [-0.05, 0) is 12.0 Å². The van der Waals surface area contributed by atoms with Crippen molar-refractivity contribution in [3.8, 4) is 0 Å². The first kappa shape index (κ1) is 10.9. The Hall–Kier alpha value is -1.61. The summed E-state index contributed by atoms with van der Waals surface area (Å²) in [5.74, 6) is -0.984. The summed E-state index contributed by atoms with van der Waals surface area (Å²) in [6.07, 6.45) is 2.15. The second-order valence-electron chi connectivity index (χ2n) is 3.50. The summed E-state index contributed by atoms with van der Waals surface area (Å²) in [6.45, 7) is 2.02. The van der Waals surface area contributed by atoms with Gasteiger partial charge in [0.25, 0.3) is 0 Å². The lowest BCUT2D eigenvalue weighted by molar-refractivity contribution is 0.0698. The SMILES string of the molecule is CCc1ccc2c(Cl)ncc(C(=O)O)c2c1. The topological polar surface area (TPSA) is 50.2 Å². The van der Waals surface area contributed by atoms with Crippen LogP contribution in [0.2, 0.25) is 5.15 Å². The van der Waals surface area contributed by atoms with Crippen LogP contribution in [0.5, 0.6) is 0 Å². The van der Waals surface area contributed by atoms with Crippen LogP contribution < -0.4 is 0 Å². The molecule has 0 amide bonds. The molecule has 0 aliphatic heterocycles. The van der Waals surface area contributed by atoms with E-state index in [9.17, 15) is 4.79 Å². The van der Waals surface area contributed by atoms with E-state index in [0.717, 1.165) is 12.0 Å². The molecular formula is C12H10ClNO2. The number of carbonyl (C=O) groups is 1. The number of halogens is 1. The fourth-order valence-corrected chi connectivity index (χ4v) is 1.86. The number of nitrogens with zero attached hydrogens (tertiary/aromatic N) is 1. The van der Waals surface area contributed by atoms with Gasteiger partial charge in [0.05, 0.1) is 5.56 Å². The number of aromatic nitrogens is 1. The molecule has 1 N–H and O–H groups in total. The van der Waals surface area contributed by atoms with Crippen LogP contribution >= 0.6 is 11.6 Å². The second-order valence-corrected chi connectivity index (χ2v) is 3.86. The Bertz CT molecular complexity index is 566. The summed E-state index contributed by atoms with van der Waals surface area (Å²) in [5.41, 5.74) is 1.27. The van der Waals surface area contributed by atoms with Crippen LogP contribution in [-0.2, 0) is 6.42 Å². The summed E-state index contributed by atoms with van der Waals surface area (Å²) in [7, 11) is 0. The first-order chi connectivity index (χ1) is 7.63. The normalized spacial score (nSPS) is 10.6. The van der Waals surface area contributed by atoms with E-state index in [1.807, 2.05) is 25.1 Å². The Morgan fingerprint density at radius 1 is 1.44 bits per heavy atom. The molecule has 0 saturated carbocycles. The van der Waals surface area contributed by atoms with Gasteiger partial charge < -0.3 is 5.11 Å². The molecule has 0 spiro atoms. The minimum atomic E-state index is -0.984. The third kappa shape index (κ3) is 1.74. The van der Waals surface area contributed by atoms with Gasteiger partial charge in [-0.1, -0.05) is 36.7 Å². The third-order valence-corrected chi connectivity index (χ3v) is 2.84. The molecule has 0 bridgehead atoms. The molecule has 1 heterocycles. The van der Waals surface area contributed by atoms with Crippen molar-refractivity contribution in [3.05, 3.63) is 40.7 Å². The molecule has 2 rings (SSSR count). The fourth-order valence-electron chi connectivity index (χ4n) is 1.64. The minimum absolute atomic E-state index is 0.190. The fraction of sp³-hybridized carbons (Fsp3) is 0.167. The molecule has 0 unspecified atom stereocenters. The van der Waals surface area contributed by atoms with Gasteiger partial charge in [0, 0.05) is 17.0 Å². The highest BCUT2D eigenvalue weighted by Crippen LogP contribution is 2.25. The Balaban J connectivity index is 2.83. The number of hydrogen-bond acceptors (Lipinski definition) is 2. The first-order valence-electron chi connectivity index (χ1n) is 4.94. The zero-order valence-electron chi connectivity index (χ0n) is 8.70. The maximum Gasteiger partial charge on any atom is 0.337 e. The smallest absolute Gasteiger partial charge is 0.337 e. The van der Waals surface area contributed by atoms with E-state index in [4.69, 9.17) is 16.7 Å². The molecule has 0 aliphatic rings. The summed E-state index contributed by atoms with van der Waals surface area (Å²) in [6, 6.07) is 5.60. The van der Waals surface area contributed by atoms with Gasteiger partial charge in [-0.2, -0.15) is 0 Å². The number of benzene rings is 1. The molecule has 0 aliphatic carbocycles. The number of carboxylic acids is 1. The average Bonchev–Trinajstić information content (AvgIpc) is 2.28. The van der Waals surface area contributed by atoms with Crippen LogP contribution in [-0.4, -0.2) is 16.1 Å². The molecule has 82 valence electrons. The number of carboxylic acid groups (broad SMARTS) is 1. The molecule has 3 nitrogen and oxygen atoms in total. The zero-order chi connectivity index (χ0) is 11.7.